The third-order valence-electron chi connectivity index (χ3n) is 4.99. The van der Waals surface area contributed by atoms with E-state index in [1.54, 1.807) is 13.2 Å². The van der Waals surface area contributed by atoms with Crippen molar-refractivity contribution in [1.29, 1.82) is 0 Å². The van der Waals surface area contributed by atoms with Crippen molar-refractivity contribution in [2.24, 2.45) is 0 Å². The smallest absolute Gasteiger partial charge is 0.202 e. The molecule has 0 bridgehead atoms. The molecule has 4 nitrogen and oxygen atoms in total. The van der Waals surface area contributed by atoms with Gasteiger partial charge >= 0.3 is 0 Å². The van der Waals surface area contributed by atoms with Crippen LogP contribution in [-0.2, 0) is 0 Å². The van der Waals surface area contributed by atoms with E-state index in [9.17, 15) is 4.79 Å². The topological polar surface area (TPSA) is 52.3 Å². The van der Waals surface area contributed by atoms with Crippen LogP contribution in [0, 0.1) is 0 Å². The summed E-state index contributed by atoms with van der Waals surface area (Å²) < 4.78 is 11.5. The van der Waals surface area contributed by atoms with Gasteiger partial charge in [0, 0.05) is 10.9 Å². The second kappa shape index (κ2) is 6.91. The van der Waals surface area contributed by atoms with Crippen molar-refractivity contribution in [1.82, 2.24) is 4.98 Å². The zero-order valence-electron chi connectivity index (χ0n) is 15.8. The maximum absolute atomic E-state index is 13.4. The van der Waals surface area contributed by atoms with Crippen molar-refractivity contribution in [3.63, 3.8) is 0 Å². The number of benzene rings is 3. The molecule has 4 heteroatoms. The van der Waals surface area contributed by atoms with E-state index < -0.39 is 0 Å². The molecule has 140 valence electrons. The van der Waals surface area contributed by atoms with Crippen molar-refractivity contribution < 1.29 is 9.15 Å². The molecular formula is C25H17NO3. The minimum Gasteiger partial charge on any atom is -0.497 e. The van der Waals surface area contributed by atoms with Gasteiger partial charge in [-0.05, 0) is 36.4 Å². The molecule has 0 fully saturated rings. The van der Waals surface area contributed by atoms with Gasteiger partial charge in [0.2, 0.25) is 5.43 Å². The number of ether oxygens (including phenoxy) is 1. The lowest BCUT2D eigenvalue weighted by molar-refractivity contribution is 0.415. The molecule has 0 aliphatic carbocycles. The zero-order chi connectivity index (χ0) is 19.8. The Hall–Kier alpha value is -3.92. The lowest BCUT2D eigenvalue weighted by Gasteiger charge is -2.11. The second-order valence-electron chi connectivity index (χ2n) is 6.75. The predicted molar refractivity (Wildman–Crippen MR) is 115 cm³/mol. The summed E-state index contributed by atoms with van der Waals surface area (Å²) in [5.74, 6) is 1.29. The van der Waals surface area contributed by atoms with Crippen LogP contribution in [0.4, 0.5) is 0 Å². The van der Waals surface area contributed by atoms with E-state index in [1.807, 2.05) is 78.9 Å². The molecule has 2 aromatic heterocycles. The van der Waals surface area contributed by atoms with Crippen LogP contribution in [0.1, 0.15) is 0 Å². The average molecular weight is 379 g/mol. The Morgan fingerprint density at radius 3 is 2.48 bits per heavy atom. The largest absolute Gasteiger partial charge is 0.497 e. The predicted octanol–water partition coefficient (Wildman–Crippen LogP) is 5.68. The lowest BCUT2D eigenvalue weighted by atomic mass is 10.0. The molecule has 0 N–H and O–H groups in total. The quantitative estimate of drug-likeness (QED) is 0.404. The molecular weight excluding hydrogens is 362 g/mol. The number of nitrogens with zero attached hydrogens (tertiary/aromatic N) is 1. The maximum Gasteiger partial charge on any atom is 0.202 e. The highest BCUT2D eigenvalue weighted by atomic mass is 16.5. The van der Waals surface area contributed by atoms with Gasteiger partial charge in [-0.15, -0.1) is 0 Å². The fraction of sp³-hybridized carbons (Fsp3) is 0.0400. The first kappa shape index (κ1) is 17.2. The molecule has 0 saturated carbocycles. The summed E-state index contributed by atoms with van der Waals surface area (Å²) in [7, 11) is 1.63. The van der Waals surface area contributed by atoms with Crippen LogP contribution in [0.2, 0.25) is 0 Å². The monoisotopic (exact) mass is 379 g/mol. The maximum atomic E-state index is 13.4. The van der Waals surface area contributed by atoms with Gasteiger partial charge in [0.25, 0.3) is 0 Å². The Morgan fingerprint density at radius 2 is 1.66 bits per heavy atom. The Morgan fingerprint density at radius 1 is 0.862 bits per heavy atom. The summed E-state index contributed by atoms with van der Waals surface area (Å²) in [6.07, 6.45) is 0. The minimum absolute atomic E-state index is 0.0916. The van der Waals surface area contributed by atoms with Crippen LogP contribution in [0.15, 0.2) is 94.1 Å². The van der Waals surface area contributed by atoms with E-state index in [0.717, 1.165) is 22.2 Å². The summed E-state index contributed by atoms with van der Waals surface area (Å²) in [6.45, 7) is 0. The normalized spacial score (nSPS) is 11.1. The molecule has 0 aliphatic rings. The zero-order valence-corrected chi connectivity index (χ0v) is 15.8. The molecule has 0 amide bonds. The molecule has 0 saturated heterocycles. The summed E-state index contributed by atoms with van der Waals surface area (Å²) >= 11 is 0. The number of fused-ring (bicyclic) bond motifs is 2. The van der Waals surface area contributed by atoms with E-state index in [2.05, 4.69) is 0 Å². The number of aromatic nitrogens is 1. The third kappa shape index (κ3) is 2.95. The number of hydrogen-bond donors (Lipinski definition) is 0. The van der Waals surface area contributed by atoms with Gasteiger partial charge in [0.15, 0.2) is 0 Å². The van der Waals surface area contributed by atoms with Gasteiger partial charge in [-0.2, -0.15) is 0 Å². The summed E-state index contributed by atoms with van der Waals surface area (Å²) in [5, 5.41) is 1.48. The summed E-state index contributed by atoms with van der Waals surface area (Å²) in [6, 6.07) is 26.4. The third-order valence-corrected chi connectivity index (χ3v) is 4.99. The van der Waals surface area contributed by atoms with Crippen LogP contribution >= 0.6 is 0 Å². The van der Waals surface area contributed by atoms with E-state index in [1.165, 1.54) is 0 Å². The number of para-hydroxylation sites is 1. The van der Waals surface area contributed by atoms with E-state index in [-0.39, 0.29) is 5.43 Å². The molecule has 2 heterocycles. The Bertz CT molecular complexity index is 1400. The first-order valence-electron chi connectivity index (χ1n) is 9.31. The minimum atomic E-state index is -0.0916. The van der Waals surface area contributed by atoms with Crippen LogP contribution in [-0.4, -0.2) is 12.1 Å². The molecule has 0 unspecified atom stereocenters. The lowest BCUT2D eigenvalue weighted by Crippen LogP contribution is -2.08. The fourth-order valence-electron chi connectivity index (χ4n) is 3.54. The molecule has 0 aliphatic heterocycles. The highest BCUT2D eigenvalue weighted by molar-refractivity contribution is 5.90. The van der Waals surface area contributed by atoms with Gasteiger partial charge in [-0.25, -0.2) is 4.98 Å². The van der Waals surface area contributed by atoms with Gasteiger partial charge in [-0.3, -0.25) is 4.79 Å². The number of hydrogen-bond acceptors (Lipinski definition) is 4. The second-order valence-corrected chi connectivity index (χ2v) is 6.75. The first-order valence-corrected chi connectivity index (χ1v) is 9.31. The van der Waals surface area contributed by atoms with Crippen LogP contribution in [0.5, 0.6) is 5.75 Å². The summed E-state index contributed by atoms with van der Waals surface area (Å²) in [5.41, 5.74) is 3.14. The van der Waals surface area contributed by atoms with Gasteiger partial charge < -0.3 is 9.15 Å². The van der Waals surface area contributed by atoms with E-state index >= 15 is 0 Å². The molecule has 0 spiro atoms. The Labute approximate surface area is 167 Å². The van der Waals surface area contributed by atoms with Crippen LogP contribution in [0.3, 0.4) is 0 Å². The van der Waals surface area contributed by atoms with Gasteiger partial charge in [0.05, 0.1) is 29.3 Å². The average Bonchev–Trinajstić information content (AvgIpc) is 2.79. The molecule has 3 aromatic carbocycles. The number of rotatable bonds is 3. The van der Waals surface area contributed by atoms with Crippen molar-refractivity contribution in [2.75, 3.05) is 7.11 Å². The van der Waals surface area contributed by atoms with Crippen molar-refractivity contribution in [3.8, 4) is 28.3 Å². The van der Waals surface area contributed by atoms with Crippen molar-refractivity contribution in [3.05, 3.63) is 95.2 Å². The van der Waals surface area contributed by atoms with Gasteiger partial charge in [0.1, 0.15) is 17.1 Å². The van der Waals surface area contributed by atoms with Crippen molar-refractivity contribution >= 4 is 21.9 Å². The summed E-state index contributed by atoms with van der Waals surface area (Å²) in [4.78, 5) is 18.2. The number of pyridine rings is 1. The van der Waals surface area contributed by atoms with E-state index in [4.69, 9.17) is 14.1 Å². The van der Waals surface area contributed by atoms with Crippen LogP contribution < -0.4 is 10.2 Å². The van der Waals surface area contributed by atoms with Gasteiger partial charge in [-0.1, -0.05) is 48.5 Å². The molecule has 5 rings (SSSR count). The molecule has 29 heavy (non-hydrogen) atoms. The molecule has 5 aromatic rings. The fourth-order valence-corrected chi connectivity index (χ4v) is 3.54. The highest BCUT2D eigenvalue weighted by Gasteiger charge is 2.19. The van der Waals surface area contributed by atoms with Crippen LogP contribution in [0.25, 0.3) is 44.5 Å². The standard InChI is InChI=1S/C25H17NO3/c1-28-18-12-14-20-17(15-18)11-13-21(26-20)23-24(27)19-9-5-6-10-22(19)29-25(23)16-7-3-2-4-8-16/h2-15H,1H3. The number of methoxy groups -OCH3 is 1. The SMILES string of the molecule is COc1ccc2nc(-c3c(-c4ccccc4)oc4ccccc4c3=O)ccc2c1. The van der Waals surface area contributed by atoms with Crippen molar-refractivity contribution in [2.45, 2.75) is 0 Å². The Balaban J connectivity index is 1.82. The molecule has 0 atom stereocenters. The first-order chi connectivity index (χ1) is 14.2. The Kier molecular flexibility index (Phi) is 4.10. The highest BCUT2D eigenvalue weighted by Crippen LogP contribution is 2.32. The molecule has 0 radical (unpaired) electrons. The van der Waals surface area contributed by atoms with E-state index in [0.29, 0.717) is 28.0 Å².